The van der Waals surface area contributed by atoms with Crippen LogP contribution in [0.2, 0.25) is 0 Å². The molecule has 1 heterocycles. The number of rotatable bonds is 4. The third-order valence-electron chi connectivity index (χ3n) is 2.55. The number of ketones is 1. The van der Waals surface area contributed by atoms with E-state index in [-0.39, 0.29) is 5.78 Å². The van der Waals surface area contributed by atoms with E-state index in [1.165, 1.54) is 0 Å². The summed E-state index contributed by atoms with van der Waals surface area (Å²) in [6, 6.07) is 10.0. The van der Waals surface area contributed by atoms with Crippen LogP contribution in [-0.2, 0) is 0 Å². The fourth-order valence-electron chi connectivity index (χ4n) is 1.67. The molecule has 0 bridgehead atoms. The lowest BCUT2D eigenvalue weighted by Crippen LogP contribution is -1.93. The summed E-state index contributed by atoms with van der Waals surface area (Å²) in [6.45, 7) is 2.03. The topological polar surface area (TPSA) is 17.1 Å². The van der Waals surface area contributed by atoms with E-state index in [1.54, 1.807) is 11.3 Å². The summed E-state index contributed by atoms with van der Waals surface area (Å²) in [5.41, 5.74) is 1.12. The predicted octanol–water partition coefficient (Wildman–Crippen LogP) is 5.92. The van der Waals surface area contributed by atoms with Crippen molar-refractivity contribution < 1.29 is 4.79 Å². The minimum atomic E-state index is 0.238. The number of halogens is 2. The van der Waals surface area contributed by atoms with E-state index in [0.717, 1.165) is 30.7 Å². The maximum absolute atomic E-state index is 11.8. The number of benzene rings is 1. The number of thiophene rings is 1. The largest absolute Gasteiger partial charge is 0.293 e. The number of carbonyl (C=O) groups is 1. The minimum absolute atomic E-state index is 0.238. The van der Waals surface area contributed by atoms with Crippen molar-refractivity contribution in [3.8, 4) is 10.4 Å². The Morgan fingerprint density at radius 3 is 2.67 bits per heavy atom. The molecule has 2 rings (SSSR count). The summed E-state index contributed by atoms with van der Waals surface area (Å²) in [6.07, 6.45) is 1.52. The first-order valence-corrected chi connectivity index (χ1v) is 8.10. The summed E-state index contributed by atoms with van der Waals surface area (Å²) in [5, 5.41) is 0. The lowest BCUT2D eigenvalue weighted by molar-refractivity contribution is 0.0985. The van der Waals surface area contributed by atoms with Crippen LogP contribution >= 0.6 is 43.2 Å². The lowest BCUT2D eigenvalue weighted by Gasteiger charge is -2.01. The first kappa shape index (κ1) is 14.0. The number of Topliss-reactive ketones (excluding diaryl/α,β-unsaturated/α-hetero) is 1. The molecule has 0 atom stereocenters. The van der Waals surface area contributed by atoms with E-state index >= 15 is 0 Å². The molecule has 2 aromatic rings. The van der Waals surface area contributed by atoms with Crippen LogP contribution in [0.25, 0.3) is 10.4 Å². The molecule has 0 saturated heterocycles. The van der Waals surface area contributed by atoms with E-state index in [2.05, 4.69) is 31.9 Å². The first-order valence-electron chi connectivity index (χ1n) is 5.70. The van der Waals surface area contributed by atoms with Crippen molar-refractivity contribution in [1.82, 2.24) is 0 Å². The van der Waals surface area contributed by atoms with E-state index in [4.69, 9.17) is 0 Å². The number of carbonyl (C=O) groups excluding carboxylic acids is 1. The zero-order valence-electron chi connectivity index (χ0n) is 9.87. The molecule has 94 valence electrons. The van der Waals surface area contributed by atoms with Crippen LogP contribution in [-0.4, -0.2) is 5.78 Å². The predicted molar refractivity (Wildman–Crippen MR) is 84.4 cm³/mol. The molecule has 0 amide bonds. The Hall–Kier alpha value is -0.450. The van der Waals surface area contributed by atoms with Gasteiger partial charge < -0.3 is 0 Å². The molecule has 1 aromatic heterocycles. The number of hydrogen-bond donors (Lipinski definition) is 0. The summed E-state index contributed by atoms with van der Waals surface area (Å²) >= 11 is 8.55. The molecular formula is C14H12Br2OS. The molecule has 0 radical (unpaired) electrons. The van der Waals surface area contributed by atoms with Gasteiger partial charge in [0.1, 0.15) is 0 Å². The SMILES string of the molecule is CCCC(=O)c1ccc(-c2ccc(Br)cc2Br)s1. The summed E-state index contributed by atoms with van der Waals surface area (Å²) in [5.74, 6) is 0.238. The molecule has 0 aliphatic heterocycles. The molecule has 1 aromatic carbocycles. The smallest absolute Gasteiger partial charge is 0.172 e. The van der Waals surface area contributed by atoms with Crippen molar-refractivity contribution in [1.29, 1.82) is 0 Å². The van der Waals surface area contributed by atoms with Crippen LogP contribution in [0.4, 0.5) is 0 Å². The Labute approximate surface area is 127 Å². The molecular weight excluding hydrogens is 376 g/mol. The van der Waals surface area contributed by atoms with Gasteiger partial charge in [0.05, 0.1) is 4.88 Å². The molecule has 0 spiro atoms. The molecule has 0 aliphatic carbocycles. The van der Waals surface area contributed by atoms with Gasteiger partial charge in [-0.15, -0.1) is 11.3 Å². The monoisotopic (exact) mass is 386 g/mol. The normalized spacial score (nSPS) is 10.6. The van der Waals surface area contributed by atoms with Gasteiger partial charge in [0.25, 0.3) is 0 Å². The van der Waals surface area contributed by atoms with Crippen molar-refractivity contribution in [2.24, 2.45) is 0 Å². The maximum Gasteiger partial charge on any atom is 0.172 e. The van der Waals surface area contributed by atoms with Crippen LogP contribution in [0, 0.1) is 0 Å². The van der Waals surface area contributed by atoms with Crippen LogP contribution in [0.15, 0.2) is 39.3 Å². The average Bonchev–Trinajstić information content (AvgIpc) is 2.78. The van der Waals surface area contributed by atoms with E-state index < -0.39 is 0 Å². The van der Waals surface area contributed by atoms with Gasteiger partial charge in [-0.25, -0.2) is 0 Å². The zero-order chi connectivity index (χ0) is 13.1. The third kappa shape index (κ3) is 3.11. The molecule has 0 unspecified atom stereocenters. The van der Waals surface area contributed by atoms with Crippen LogP contribution in [0.5, 0.6) is 0 Å². The fourth-order valence-corrected chi connectivity index (χ4v) is 4.08. The van der Waals surface area contributed by atoms with Crippen molar-refractivity contribution >= 4 is 49.0 Å². The third-order valence-corrected chi connectivity index (χ3v) is 4.86. The Balaban J connectivity index is 2.32. The summed E-state index contributed by atoms with van der Waals surface area (Å²) in [7, 11) is 0. The molecule has 0 saturated carbocycles. The molecule has 0 fully saturated rings. The second-order valence-corrected chi connectivity index (χ2v) is 6.82. The average molecular weight is 388 g/mol. The Morgan fingerprint density at radius 2 is 2.00 bits per heavy atom. The van der Waals surface area contributed by atoms with E-state index in [1.807, 2.05) is 37.3 Å². The molecule has 4 heteroatoms. The van der Waals surface area contributed by atoms with Gasteiger partial charge in [-0.2, -0.15) is 0 Å². The van der Waals surface area contributed by atoms with Crippen molar-refractivity contribution in [3.05, 3.63) is 44.2 Å². The highest BCUT2D eigenvalue weighted by atomic mass is 79.9. The van der Waals surface area contributed by atoms with Crippen molar-refractivity contribution in [3.63, 3.8) is 0 Å². The zero-order valence-corrected chi connectivity index (χ0v) is 13.9. The first-order chi connectivity index (χ1) is 8.61. The second kappa shape index (κ2) is 6.13. The van der Waals surface area contributed by atoms with E-state index in [9.17, 15) is 4.79 Å². The molecule has 0 aliphatic rings. The van der Waals surface area contributed by atoms with Gasteiger partial charge >= 0.3 is 0 Å². The van der Waals surface area contributed by atoms with Gasteiger partial charge in [-0.05, 0) is 30.7 Å². The fraction of sp³-hybridized carbons (Fsp3) is 0.214. The number of hydrogen-bond acceptors (Lipinski definition) is 2. The van der Waals surface area contributed by atoms with Gasteiger partial charge in [0.2, 0.25) is 0 Å². The second-order valence-electron chi connectivity index (χ2n) is 3.96. The van der Waals surface area contributed by atoms with Crippen LogP contribution < -0.4 is 0 Å². The highest BCUT2D eigenvalue weighted by molar-refractivity contribution is 9.11. The Morgan fingerprint density at radius 1 is 1.22 bits per heavy atom. The van der Waals surface area contributed by atoms with Gasteiger partial charge in [0.15, 0.2) is 5.78 Å². The van der Waals surface area contributed by atoms with Crippen LogP contribution in [0.3, 0.4) is 0 Å². The Bertz CT molecular complexity index is 575. The highest BCUT2D eigenvalue weighted by Crippen LogP contribution is 2.35. The van der Waals surface area contributed by atoms with Crippen molar-refractivity contribution in [2.75, 3.05) is 0 Å². The minimum Gasteiger partial charge on any atom is -0.293 e. The summed E-state index contributed by atoms with van der Waals surface area (Å²) in [4.78, 5) is 13.8. The standard InChI is InChI=1S/C14H12Br2OS/c1-2-3-12(17)14-7-6-13(18-14)10-5-4-9(15)8-11(10)16/h4-8H,2-3H2,1H3. The maximum atomic E-state index is 11.8. The van der Waals surface area contributed by atoms with Gasteiger partial charge in [0, 0.05) is 25.8 Å². The quantitative estimate of drug-likeness (QED) is 0.594. The molecule has 0 N–H and O–H groups in total. The highest BCUT2D eigenvalue weighted by Gasteiger charge is 2.11. The van der Waals surface area contributed by atoms with Gasteiger partial charge in [-0.3, -0.25) is 4.79 Å². The summed E-state index contributed by atoms with van der Waals surface area (Å²) < 4.78 is 2.07. The van der Waals surface area contributed by atoms with Gasteiger partial charge in [-0.1, -0.05) is 44.8 Å². The lowest BCUT2D eigenvalue weighted by atomic mass is 10.2. The Kier molecular flexibility index (Phi) is 4.76. The van der Waals surface area contributed by atoms with Crippen molar-refractivity contribution in [2.45, 2.75) is 19.8 Å². The molecule has 1 nitrogen and oxygen atoms in total. The van der Waals surface area contributed by atoms with E-state index in [0.29, 0.717) is 6.42 Å². The van der Waals surface area contributed by atoms with Crippen LogP contribution in [0.1, 0.15) is 29.4 Å². The molecule has 18 heavy (non-hydrogen) atoms.